The SMILES string of the molecule is CCCCCCCC(=O)OCC(CC)(CO)COC(=O)CCCCC. The van der Waals surface area contributed by atoms with Crippen LogP contribution >= 0.6 is 0 Å². The van der Waals surface area contributed by atoms with Gasteiger partial charge in [0.25, 0.3) is 0 Å². The molecule has 0 saturated carbocycles. The number of ether oxygens (including phenoxy) is 2. The van der Waals surface area contributed by atoms with Gasteiger partial charge in [-0.1, -0.05) is 59.3 Å². The van der Waals surface area contributed by atoms with Gasteiger partial charge < -0.3 is 14.6 Å². The van der Waals surface area contributed by atoms with E-state index in [4.69, 9.17) is 9.47 Å². The molecule has 148 valence electrons. The number of rotatable bonds is 16. The Hall–Kier alpha value is -1.10. The van der Waals surface area contributed by atoms with Crippen molar-refractivity contribution >= 4 is 11.9 Å². The molecule has 5 nitrogen and oxygen atoms in total. The van der Waals surface area contributed by atoms with Crippen LogP contribution in [-0.4, -0.2) is 36.9 Å². The normalized spacial score (nSPS) is 13.3. The second-order valence-corrected chi connectivity index (χ2v) is 6.95. The fraction of sp³-hybridized carbons (Fsp3) is 0.900. The number of aliphatic hydroxyl groups is 1. The molecule has 0 saturated heterocycles. The summed E-state index contributed by atoms with van der Waals surface area (Å²) in [4.78, 5) is 23.6. The number of hydrogen-bond acceptors (Lipinski definition) is 5. The summed E-state index contributed by atoms with van der Waals surface area (Å²) in [5, 5.41) is 9.71. The maximum absolute atomic E-state index is 11.9. The number of esters is 2. The van der Waals surface area contributed by atoms with Gasteiger partial charge in [0.1, 0.15) is 13.2 Å². The largest absolute Gasteiger partial charge is 0.465 e. The van der Waals surface area contributed by atoms with E-state index in [9.17, 15) is 14.7 Å². The Morgan fingerprint density at radius 1 is 0.760 bits per heavy atom. The molecule has 0 amide bonds. The molecule has 1 atom stereocenters. The summed E-state index contributed by atoms with van der Waals surface area (Å²) in [5.74, 6) is -0.487. The lowest BCUT2D eigenvalue weighted by Crippen LogP contribution is -2.37. The Morgan fingerprint density at radius 3 is 1.64 bits per heavy atom. The predicted molar refractivity (Wildman–Crippen MR) is 99.2 cm³/mol. The van der Waals surface area contributed by atoms with E-state index < -0.39 is 5.41 Å². The van der Waals surface area contributed by atoms with Gasteiger partial charge in [-0.3, -0.25) is 9.59 Å². The Labute approximate surface area is 153 Å². The molecule has 0 aliphatic rings. The van der Waals surface area contributed by atoms with Crippen LogP contribution in [0.2, 0.25) is 0 Å². The standard InChI is InChI=1S/C20H38O5/c1-4-7-9-10-12-14-19(23)25-17-20(6-3,15-21)16-24-18(22)13-11-8-5-2/h21H,4-17H2,1-3H3. The number of carbonyl (C=O) groups is 2. The highest BCUT2D eigenvalue weighted by Gasteiger charge is 2.31. The number of unbranched alkanes of at least 4 members (excludes halogenated alkanes) is 6. The van der Waals surface area contributed by atoms with Crippen LogP contribution in [0.3, 0.4) is 0 Å². The van der Waals surface area contributed by atoms with Crippen molar-refractivity contribution in [2.75, 3.05) is 19.8 Å². The minimum absolute atomic E-state index is 0.0920. The molecule has 0 aromatic heterocycles. The highest BCUT2D eigenvalue weighted by Crippen LogP contribution is 2.23. The summed E-state index contributed by atoms with van der Waals surface area (Å²) in [5.41, 5.74) is -0.696. The molecule has 0 bridgehead atoms. The zero-order chi connectivity index (χ0) is 19.0. The molecule has 0 spiro atoms. The van der Waals surface area contributed by atoms with Crippen molar-refractivity contribution in [2.24, 2.45) is 5.41 Å². The molecular weight excluding hydrogens is 320 g/mol. The van der Waals surface area contributed by atoms with Gasteiger partial charge >= 0.3 is 11.9 Å². The third-order valence-corrected chi connectivity index (χ3v) is 4.63. The molecule has 5 heteroatoms. The summed E-state index contributed by atoms with van der Waals surface area (Å²) in [6.45, 7) is 6.15. The number of hydrogen-bond donors (Lipinski definition) is 1. The van der Waals surface area contributed by atoms with E-state index in [1.165, 1.54) is 12.8 Å². The van der Waals surface area contributed by atoms with Crippen LogP contribution in [-0.2, 0) is 19.1 Å². The van der Waals surface area contributed by atoms with Gasteiger partial charge in [0, 0.05) is 12.8 Å². The minimum Gasteiger partial charge on any atom is -0.465 e. The first-order chi connectivity index (χ1) is 12.0. The highest BCUT2D eigenvalue weighted by molar-refractivity contribution is 5.69. The van der Waals surface area contributed by atoms with Crippen molar-refractivity contribution in [3.8, 4) is 0 Å². The smallest absolute Gasteiger partial charge is 0.305 e. The van der Waals surface area contributed by atoms with Crippen LogP contribution in [0.5, 0.6) is 0 Å². The van der Waals surface area contributed by atoms with E-state index in [0.29, 0.717) is 19.3 Å². The fourth-order valence-electron chi connectivity index (χ4n) is 2.45. The minimum atomic E-state index is -0.696. The molecule has 0 aromatic carbocycles. The topological polar surface area (TPSA) is 72.8 Å². The maximum atomic E-state index is 11.9. The first-order valence-corrected chi connectivity index (χ1v) is 9.95. The Kier molecular flexibility index (Phi) is 14.5. The first-order valence-electron chi connectivity index (χ1n) is 9.95. The predicted octanol–water partition coefficient (Wildman–Crippen LogP) is 4.40. The van der Waals surface area contributed by atoms with E-state index in [1.807, 2.05) is 6.92 Å². The van der Waals surface area contributed by atoms with E-state index in [0.717, 1.165) is 38.5 Å². The van der Waals surface area contributed by atoms with Crippen LogP contribution in [0.4, 0.5) is 0 Å². The van der Waals surface area contributed by atoms with Crippen LogP contribution in [0, 0.1) is 5.41 Å². The van der Waals surface area contributed by atoms with Gasteiger partial charge in [0.05, 0.1) is 12.0 Å². The van der Waals surface area contributed by atoms with Crippen molar-refractivity contribution < 1.29 is 24.2 Å². The molecule has 25 heavy (non-hydrogen) atoms. The Balaban J connectivity index is 4.15. The zero-order valence-corrected chi connectivity index (χ0v) is 16.5. The molecule has 0 aliphatic carbocycles. The number of aliphatic hydroxyl groups excluding tert-OH is 1. The second kappa shape index (κ2) is 15.2. The van der Waals surface area contributed by atoms with E-state index in [1.54, 1.807) is 0 Å². The molecule has 0 radical (unpaired) electrons. The van der Waals surface area contributed by atoms with Crippen LogP contribution < -0.4 is 0 Å². The third kappa shape index (κ3) is 12.0. The van der Waals surface area contributed by atoms with Crippen molar-refractivity contribution in [1.29, 1.82) is 0 Å². The Morgan fingerprint density at radius 2 is 1.20 bits per heavy atom. The molecule has 0 aliphatic heterocycles. The van der Waals surface area contributed by atoms with Gasteiger partial charge in [0.15, 0.2) is 0 Å². The van der Waals surface area contributed by atoms with Gasteiger partial charge in [-0.15, -0.1) is 0 Å². The maximum Gasteiger partial charge on any atom is 0.305 e. The fourth-order valence-corrected chi connectivity index (χ4v) is 2.45. The molecular formula is C20H38O5. The van der Waals surface area contributed by atoms with Crippen LogP contribution in [0.1, 0.15) is 91.4 Å². The van der Waals surface area contributed by atoms with E-state index in [-0.39, 0.29) is 31.8 Å². The zero-order valence-electron chi connectivity index (χ0n) is 16.5. The van der Waals surface area contributed by atoms with E-state index in [2.05, 4.69) is 13.8 Å². The molecule has 0 aromatic rings. The van der Waals surface area contributed by atoms with Crippen molar-refractivity contribution in [1.82, 2.24) is 0 Å². The molecule has 1 unspecified atom stereocenters. The van der Waals surface area contributed by atoms with Gasteiger partial charge in [-0.25, -0.2) is 0 Å². The summed E-state index contributed by atoms with van der Waals surface area (Å²) in [7, 11) is 0. The number of carbonyl (C=O) groups excluding carboxylic acids is 2. The molecule has 0 fully saturated rings. The summed E-state index contributed by atoms with van der Waals surface area (Å²) in [6.07, 6.45) is 9.66. The second-order valence-electron chi connectivity index (χ2n) is 6.95. The van der Waals surface area contributed by atoms with Gasteiger partial charge in [0.2, 0.25) is 0 Å². The van der Waals surface area contributed by atoms with Gasteiger partial charge in [-0.2, -0.15) is 0 Å². The summed E-state index contributed by atoms with van der Waals surface area (Å²) < 4.78 is 10.6. The average molecular weight is 359 g/mol. The van der Waals surface area contributed by atoms with Crippen molar-refractivity contribution in [2.45, 2.75) is 91.4 Å². The van der Waals surface area contributed by atoms with Crippen LogP contribution in [0.25, 0.3) is 0 Å². The van der Waals surface area contributed by atoms with Crippen molar-refractivity contribution in [3.05, 3.63) is 0 Å². The molecule has 0 rings (SSSR count). The summed E-state index contributed by atoms with van der Waals surface area (Å²) >= 11 is 0. The Bertz CT molecular complexity index is 350. The average Bonchev–Trinajstić information content (AvgIpc) is 2.62. The van der Waals surface area contributed by atoms with Crippen molar-refractivity contribution in [3.63, 3.8) is 0 Å². The molecule has 0 heterocycles. The van der Waals surface area contributed by atoms with Gasteiger partial charge in [-0.05, 0) is 19.3 Å². The van der Waals surface area contributed by atoms with Crippen LogP contribution in [0.15, 0.2) is 0 Å². The lowest BCUT2D eigenvalue weighted by atomic mass is 9.88. The lowest BCUT2D eigenvalue weighted by Gasteiger charge is -2.29. The highest BCUT2D eigenvalue weighted by atomic mass is 16.5. The molecule has 1 N–H and O–H groups in total. The lowest BCUT2D eigenvalue weighted by molar-refractivity contribution is -0.156. The first kappa shape index (κ1) is 23.9. The third-order valence-electron chi connectivity index (χ3n) is 4.63. The quantitative estimate of drug-likeness (QED) is 0.327. The van der Waals surface area contributed by atoms with E-state index >= 15 is 0 Å². The monoisotopic (exact) mass is 358 g/mol. The summed E-state index contributed by atoms with van der Waals surface area (Å²) in [6, 6.07) is 0.